The zero-order chi connectivity index (χ0) is 13.5. The number of pyridine rings is 1. The number of rotatable bonds is 5. The van der Waals surface area contributed by atoms with Crippen LogP contribution in [-0.4, -0.2) is 35.4 Å². The van der Waals surface area contributed by atoms with Gasteiger partial charge in [0.1, 0.15) is 0 Å². The van der Waals surface area contributed by atoms with E-state index in [-0.39, 0.29) is 11.9 Å². The molecule has 1 aliphatic rings. The number of allylic oxidation sites excluding steroid dienone is 1. The highest BCUT2D eigenvalue weighted by Gasteiger charge is 2.13. The monoisotopic (exact) mass is 259 g/mol. The Bertz CT molecular complexity index is 430. The molecule has 0 bridgehead atoms. The standard InChI is InChI=1S/C15H21N3O/c1-18(11-13-6-5-9-16-10-13)12-15(19)17-14-7-3-2-4-8-14/h3,5-7,9-10,14H,2,4,8,11-12H2,1H3,(H,17,19). The number of likely N-dealkylation sites (N-methyl/N-ethyl adjacent to an activating group) is 1. The van der Waals surface area contributed by atoms with Gasteiger partial charge in [-0.2, -0.15) is 0 Å². The highest BCUT2D eigenvalue weighted by atomic mass is 16.2. The second-order valence-corrected chi connectivity index (χ2v) is 5.07. The van der Waals surface area contributed by atoms with E-state index >= 15 is 0 Å². The number of carbonyl (C=O) groups excluding carboxylic acids is 1. The number of hydrogen-bond acceptors (Lipinski definition) is 3. The summed E-state index contributed by atoms with van der Waals surface area (Å²) in [5.74, 6) is 0.0861. The second kappa shape index (κ2) is 7.04. The van der Waals surface area contributed by atoms with Gasteiger partial charge in [-0.3, -0.25) is 14.7 Å². The molecule has 1 atom stereocenters. The van der Waals surface area contributed by atoms with Crippen molar-refractivity contribution in [3.8, 4) is 0 Å². The topological polar surface area (TPSA) is 45.2 Å². The maximum Gasteiger partial charge on any atom is 0.234 e. The average molecular weight is 259 g/mol. The van der Waals surface area contributed by atoms with E-state index in [1.807, 2.05) is 30.3 Å². The van der Waals surface area contributed by atoms with Crippen LogP contribution in [0.5, 0.6) is 0 Å². The maximum absolute atomic E-state index is 11.9. The minimum absolute atomic E-state index is 0.0861. The summed E-state index contributed by atoms with van der Waals surface area (Å²) >= 11 is 0. The van der Waals surface area contributed by atoms with Crippen molar-refractivity contribution in [2.75, 3.05) is 13.6 Å². The van der Waals surface area contributed by atoms with Crippen molar-refractivity contribution in [1.82, 2.24) is 15.2 Å². The Hall–Kier alpha value is -1.68. The van der Waals surface area contributed by atoms with Gasteiger partial charge in [0.15, 0.2) is 0 Å². The summed E-state index contributed by atoms with van der Waals surface area (Å²) in [7, 11) is 1.95. The number of aromatic nitrogens is 1. The number of nitrogens with one attached hydrogen (secondary N) is 1. The molecule has 1 aromatic heterocycles. The summed E-state index contributed by atoms with van der Waals surface area (Å²) in [6.07, 6.45) is 11.2. The van der Waals surface area contributed by atoms with Gasteiger partial charge in [0, 0.05) is 25.0 Å². The van der Waals surface area contributed by atoms with Gasteiger partial charge < -0.3 is 5.32 Å². The Kier molecular flexibility index (Phi) is 5.10. The molecule has 0 spiro atoms. The molecule has 19 heavy (non-hydrogen) atoms. The third-order valence-corrected chi connectivity index (χ3v) is 3.19. The molecule has 1 N–H and O–H groups in total. The lowest BCUT2D eigenvalue weighted by atomic mass is 10.0. The van der Waals surface area contributed by atoms with Gasteiger partial charge in [0.05, 0.1) is 6.54 Å². The van der Waals surface area contributed by atoms with Crippen molar-refractivity contribution in [3.63, 3.8) is 0 Å². The predicted octanol–water partition coefficient (Wildman–Crippen LogP) is 1.74. The van der Waals surface area contributed by atoms with Crippen LogP contribution in [0.3, 0.4) is 0 Å². The fourth-order valence-corrected chi connectivity index (χ4v) is 2.29. The Labute approximate surface area is 114 Å². The molecule has 1 aromatic rings. The molecular weight excluding hydrogens is 238 g/mol. The van der Waals surface area contributed by atoms with Crippen molar-refractivity contribution >= 4 is 5.91 Å². The molecule has 1 unspecified atom stereocenters. The van der Waals surface area contributed by atoms with Gasteiger partial charge in [-0.25, -0.2) is 0 Å². The van der Waals surface area contributed by atoms with E-state index in [4.69, 9.17) is 0 Å². The molecule has 102 valence electrons. The van der Waals surface area contributed by atoms with Crippen LogP contribution >= 0.6 is 0 Å². The van der Waals surface area contributed by atoms with Gasteiger partial charge in [0.25, 0.3) is 0 Å². The Balaban J connectivity index is 1.75. The van der Waals surface area contributed by atoms with Crippen LogP contribution in [0.25, 0.3) is 0 Å². The average Bonchev–Trinajstić information content (AvgIpc) is 2.40. The van der Waals surface area contributed by atoms with Crippen molar-refractivity contribution in [2.45, 2.75) is 31.8 Å². The molecule has 4 nitrogen and oxygen atoms in total. The SMILES string of the molecule is CN(CC(=O)NC1C=CCCC1)Cc1cccnc1. The van der Waals surface area contributed by atoms with Crippen molar-refractivity contribution in [2.24, 2.45) is 0 Å². The van der Waals surface area contributed by atoms with E-state index in [1.165, 1.54) is 0 Å². The normalized spacial score (nSPS) is 18.5. The van der Waals surface area contributed by atoms with Gasteiger partial charge in [-0.1, -0.05) is 18.2 Å². The van der Waals surface area contributed by atoms with Gasteiger partial charge >= 0.3 is 0 Å². The van der Waals surface area contributed by atoms with E-state index in [0.29, 0.717) is 6.54 Å². The number of carbonyl (C=O) groups is 1. The summed E-state index contributed by atoms with van der Waals surface area (Å²) in [4.78, 5) is 18.0. The van der Waals surface area contributed by atoms with Crippen LogP contribution in [0.1, 0.15) is 24.8 Å². The zero-order valence-electron chi connectivity index (χ0n) is 11.4. The van der Waals surface area contributed by atoms with E-state index in [1.54, 1.807) is 6.20 Å². The van der Waals surface area contributed by atoms with Crippen LogP contribution in [0.2, 0.25) is 0 Å². The summed E-state index contributed by atoms with van der Waals surface area (Å²) in [5.41, 5.74) is 1.12. The molecule has 0 saturated carbocycles. The van der Waals surface area contributed by atoms with Gasteiger partial charge in [-0.15, -0.1) is 0 Å². The molecule has 0 aromatic carbocycles. The fourth-order valence-electron chi connectivity index (χ4n) is 2.29. The molecule has 2 rings (SSSR count). The van der Waals surface area contributed by atoms with Crippen LogP contribution in [0, 0.1) is 0 Å². The number of nitrogens with zero attached hydrogens (tertiary/aromatic N) is 2. The molecule has 0 saturated heterocycles. The van der Waals surface area contributed by atoms with E-state index in [0.717, 1.165) is 31.4 Å². The second-order valence-electron chi connectivity index (χ2n) is 5.07. The molecule has 0 aliphatic heterocycles. The van der Waals surface area contributed by atoms with Crippen molar-refractivity contribution in [1.29, 1.82) is 0 Å². The minimum Gasteiger partial charge on any atom is -0.349 e. The summed E-state index contributed by atoms with van der Waals surface area (Å²) in [6.45, 7) is 1.15. The number of amides is 1. The Morgan fingerprint density at radius 3 is 3.16 bits per heavy atom. The quantitative estimate of drug-likeness (QED) is 0.819. The smallest absolute Gasteiger partial charge is 0.234 e. The first-order valence-corrected chi connectivity index (χ1v) is 6.77. The first-order valence-electron chi connectivity index (χ1n) is 6.77. The lowest BCUT2D eigenvalue weighted by Crippen LogP contribution is -2.40. The molecule has 0 fully saturated rings. The van der Waals surface area contributed by atoms with Crippen LogP contribution in [-0.2, 0) is 11.3 Å². The van der Waals surface area contributed by atoms with E-state index in [9.17, 15) is 4.79 Å². The lowest BCUT2D eigenvalue weighted by Gasteiger charge is -2.21. The highest BCUT2D eigenvalue weighted by molar-refractivity contribution is 5.78. The third kappa shape index (κ3) is 4.83. The minimum atomic E-state index is 0.0861. The third-order valence-electron chi connectivity index (χ3n) is 3.19. The van der Waals surface area contributed by atoms with Gasteiger partial charge in [-0.05, 0) is 37.9 Å². The highest BCUT2D eigenvalue weighted by Crippen LogP contribution is 2.10. The molecule has 4 heteroatoms. The fraction of sp³-hybridized carbons (Fsp3) is 0.467. The van der Waals surface area contributed by atoms with Crippen molar-refractivity contribution in [3.05, 3.63) is 42.2 Å². The molecule has 1 amide bonds. The molecule has 0 radical (unpaired) electrons. The maximum atomic E-state index is 11.9. The van der Waals surface area contributed by atoms with Crippen LogP contribution in [0.4, 0.5) is 0 Å². The molecule has 1 heterocycles. The van der Waals surface area contributed by atoms with Crippen LogP contribution in [0.15, 0.2) is 36.7 Å². The van der Waals surface area contributed by atoms with Gasteiger partial charge in [0.2, 0.25) is 5.91 Å². The molecular formula is C15H21N3O. The largest absolute Gasteiger partial charge is 0.349 e. The predicted molar refractivity (Wildman–Crippen MR) is 75.5 cm³/mol. The van der Waals surface area contributed by atoms with E-state index in [2.05, 4.69) is 22.5 Å². The Morgan fingerprint density at radius 2 is 2.47 bits per heavy atom. The summed E-state index contributed by atoms with van der Waals surface area (Å²) in [5, 5.41) is 3.05. The Morgan fingerprint density at radius 1 is 1.58 bits per heavy atom. The zero-order valence-corrected chi connectivity index (χ0v) is 11.4. The van der Waals surface area contributed by atoms with E-state index < -0.39 is 0 Å². The van der Waals surface area contributed by atoms with Crippen LogP contribution < -0.4 is 5.32 Å². The summed E-state index contributed by atoms with van der Waals surface area (Å²) in [6, 6.07) is 4.15. The summed E-state index contributed by atoms with van der Waals surface area (Å²) < 4.78 is 0. The molecule has 1 aliphatic carbocycles. The number of hydrogen-bond donors (Lipinski definition) is 1. The first-order chi connectivity index (χ1) is 9.24. The lowest BCUT2D eigenvalue weighted by molar-refractivity contribution is -0.122. The van der Waals surface area contributed by atoms with Crippen molar-refractivity contribution < 1.29 is 4.79 Å². The first kappa shape index (κ1) is 13.7.